The van der Waals surface area contributed by atoms with Crippen LogP contribution in [-0.2, 0) is 6.42 Å². The van der Waals surface area contributed by atoms with Crippen LogP contribution >= 0.6 is 11.6 Å². The topological polar surface area (TPSA) is 17.1 Å². The zero-order valence-corrected chi connectivity index (χ0v) is 8.64. The van der Waals surface area contributed by atoms with E-state index in [0.717, 1.165) is 18.3 Å². The molecular weight excluding hydrogens is 184 g/mol. The van der Waals surface area contributed by atoms with E-state index < -0.39 is 0 Å². The molecule has 0 aromatic heterocycles. The summed E-state index contributed by atoms with van der Waals surface area (Å²) in [6, 6.07) is 5.44. The van der Waals surface area contributed by atoms with Gasteiger partial charge in [-0.2, -0.15) is 0 Å². The van der Waals surface area contributed by atoms with Crippen molar-refractivity contribution in [3.8, 4) is 0 Å². The molecule has 0 aliphatic rings. The molecule has 0 aliphatic heterocycles. The number of carbonyl (C=O) groups is 1. The first-order chi connectivity index (χ1) is 6.13. The van der Waals surface area contributed by atoms with E-state index >= 15 is 0 Å². The summed E-state index contributed by atoms with van der Waals surface area (Å²) in [7, 11) is 0. The highest BCUT2D eigenvalue weighted by Crippen LogP contribution is 2.20. The van der Waals surface area contributed by atoms with Crippen LogP contribution in [0.1, 0.15) is 29.8 Å². The summed E-state index contributed by atoms with van der Waals surface area (Å²) in [6.07, 6.45) is 1.77. The Kier molecular flexibility index (Phi) is 3.49. The maximum atomic E-state index is 10.4. The van der Waals surface area contributed by atoms with Crippen LogP contribution < -0.4 is 0 Å². The van der Waals surface area contributed by atoms with E-state index in [-0.39, 0.29) is 0 Å². The second-order valence-corrected chi connectivity index (χ2v) is 3.97. The SMILES string of the molecule is CC(C)Cc1ccc(C=O)cc1Cl. The summed E-state index contributed by atoms with van der Waals surface area (Å²) in [5, 5.41) is 0.693. The minimum atomic E-state index is 0.583. The number of aldehydes is 1. The smallest absolute Gasteiger partial charge is 0.150 e. The van der Waals surface area contributed by atoms with Crippen molar-refractivity contribution in [2.75, 3.05) is 0 Å². The number of hydrogen-bond acceptors (Lipinski definition) is 1. The normalized spacial score (nSPS) is 10.5. The number of rotatable bonds is 3. The third kappa shape index (κ3) is 2.85. The standard InChI is InChI=1S/C11H13ClO/c1-8(2)5-10-4-3-9(7-13)6-11(10)12/h3-4,6-8H,5H2,1-2H3. The van der Waals surface area contributed by atoms with Crippen LogP contribution in [0.2, 0.25) is 5.02 Å². The molecule has 2 heteroatoms. The minimum Gasteiger partial charge on any atom is -0.298 e. The Balaban J connectivity index is 2.91. The molecule has 0 saturated heterocycles. The van der Waals surface area contributed by atoms with Gasteiger partial charge < -0.3 is 0 Å². The minimum absolute atomic E-state index is 0.583. The van der Waals surface area contributed by atoms with Crippen molar-refractivity contribution in [2.45, 2.75) is 20.3 Å². The predicted molar refractivity (Wildman–Crippen MR) is 55.4 cm³/mol. The summed E-state index contributed by atoms with van der Waals surface area (Å²) in [5.41, 5.74) is 1.75. The Bertz CT molecular complexity index is 305. The highest BCUT2D eigenvalue weighted by Gasteiger charge is 2.03. The van der Waals surface area contributed by atoms with Crippen LogP contribution in [0.3, 0.4) is 0 Å². The Labute approximate surface area is 83.7 Å². The molecule has 0 spiro atoms. The van der Waals surface area contributed by atoms with Crippen molar-refractivity contribution in [3.05, 3.63) is 34.3 Å². The van der Waals surface area contributed by atoms with Crippen LogP contribution in [-0.4, -0.2) is 6.29 Å². The maximum absolute atomic E-state index is 10.4. The van der Waals surface area contributed by atoms with Crippen molar-refractivity contribution in [3.63, 3.8) is 0 Å². The Hall–Kier alpha value is -0.820. The molecule has 0 radical (unpaired) electrons. The second kappa shape index (κ2) is 4.43. The summed E-state index contributed by atoms with van der Waals surface area (Å²) in [6.45, 7) is 4.29. The molecule has 1 nitrogen and oxygen atoms in total. The van der Waals surface area contributed by atoms with E-state index in [0.29, 0.717) is 16.5 Å². The van der Waals surface area contributed by atoms with E-state index in [4.69, 9.17) is 11.6 Å². The van der Waals surface area contributed by atoms with Gasteiger partial charge in [0.05, 0.1) is 0 Å². The van der Waals surface area contributed by atoms with E-state index in [1.54, 1.807) is 12.1 Å². The molecule has 70 valence electrons. The molecule has 1 aromatic carbocycles. The molecule has 1 rings (SSSR count). The van der Waals surface area contributed by atoms with Gasteiger partial charge in [-0.15, -0.1) is 0 Å². The summed E-state index contributed by atoms with van der Waals surface area (Å²) >= 11 is 5.99. The maximum Gasteiger partial charge on any atom is 0.150 e. The molecule has 0 aliphatic carbocycles. The van der Waals surface area contributed by atoms with E-state index in [1.165, 1.54) is 0 Å². The predicted octanol–water partition coefficient (Wildman–Crippen LogP) is 3.35. The molecule has 0 atom stereocenters. The Morgan fingerprint density at radius 1 is 1.46 bits per heavy atom. The van der Waals surface area contributed by atoms with Gasteiger partial charge in [0.25, 0.3) is 0 Å². The van der Waals surface area contributed by atoms with E-state index in [1.807, 2.05) is 6.07 Å². The van der Waals surface area contributed by atoms with Crippen LogP contribution in [0, 0.1) is 5.92 Å². The van der Waals surface area contributed by atoms with Gasteiger partial charge in [-0.1, -0.05) is 37.6 Å². The van der Waals surface area contributed by atoms with Crippen molar-refractivity contribution in [1.82, 2.24) is 0 Å². The molecule has 0 heterocycles. The molecule has 1 aromatic rings. The number of hydrogen-bond donors (Lipinski definition) is 0. The third-order valence-corrected chi connectivity index (χ3v) is 2.19. The van der Waals surface area contributed by atoms with Crippen LogP contribution in [0.4, 0.5) is 0 Å². The lowest BCUT2D eigenvalue weighted by molar-refractivity contribution is 0.112. The largest absolute Gasteiger partial charge is 0.298 e. The molecule has 0 saturated carbocycles. The first kappa shape index (κ1) is 10.3. The van der Waals surface area contributed by atoms with Crippen molar-refractivity contribution in [2.24, 2.45) is 5.92 Å². The zero-order chi connectivity index (χ0) is 9.84. The highest BCUT2D eigenvalue weighted by atomic mass is 35.5. The molecule has 0 amide bonds. The van der Waals surface area contributed by atoms with Crippen molar-refractivity contribution in [1.29, 1.82) is 0 Å². The Morgan fingerprint density at radius 3 is 2.62 bits per heavy atom. The van der Waals surface area contributed by atoms with Gasteiger partial charge in [-0.3, -0.25) is 4.79 Å². The highest BCUT2D eigenvalue weighted by molar-refractivity contribution is 6.31. The fraction of sp³-hybridized carbons (Fsp3) is 0.364. The molecule has 0 N–H and O–H groups in total. The third-order valence-electron chi connectivity index (χ3n) is 1.84. The second-order valence-electron chi connectivity index (χ2n) is 3.57. The molecular formula is C11H13ClO. The van der Waals surface area contributed by atoms with Crippen molar-refractivity contribution < 1.29 is 4.79 Å². The summed E-state index contributed by atoms with van der Waals surface area (Å²) in [4.78, 5) is 10.4. The van der Waals surface area contributed by atoms with Crippen LogP contribution in [0.25, 0.3) is 0 Å². The first-order valence-corrected chi connectivity index (χ1v) is 4.75. The lowest BCUT2D eigenvalue weighted by atomic mass is 10.0. The van der Waals surface area contributed by atoms with Gasteiger partial charge >= 0.3 is 0 Å². The van der Waals surface area contributed by atoms with Crippen LogP contribution in [0.15, 0.2) is 18.2 Å². The fourth-order valence-corrected chi connectivity index (χ4v) is 1.51. The van der Waals surface area contributed by atoms with Crippen molar-refractivity contribution >= 4 is 17.9 Å². The van der Waals surface area contributed by atoms with Gasteiger partial charge in [0.15, 0.2) is 0 Å². The fourth-order valence-electron chi connectivity index (χ4n) is 1.24. The average molecular weight is 197 g/mol. The van der Waals surface area contributed by atoms with Gasteiger partial charge in [-0.05, 0) is 24.0 Å². The lowest BCUT2D eigenvalue weighted by Gasteiger charge is -2.07. The van der Waals surface area contributed by atoms with E-state index in [9.17, 15) is 4.79 Å². The average Bonchev–Trinajstić information content (AvgIpc) is 2.08. The summed E-state index contributed by atoms with van der Waals surface area (Å²) < 4.78 is 0. The zero-order valence-electron chi connectivity index (χ0n) is 7.88. The Morgan fingerprint density at radius 2 is 2.15 bits per heavy atom. The number of halogens is 1. The quantitative estimate of drug-likeness (QED) is 0.678. The first-order valence-electron chi connectivity index (χ1n) is 4.37. The number of benzene rings is 1. The lowest BCUT2D eigenvalue weighted by Crippen LogP contribution is -1.95. The van der Waals surface area contributed by atoms with Gasteiger partial charge in [0.2, 0.25) is 0 Å². The molecule has 0 bridgehead atoms. The number of carbonyl (C=O) groups excluding carboxylic acids is 1. The molecule has 13 heavy (non-hydrogen) atoms. The van der Waals surface area contributed by atoms with Crippen LogP contribution in [0.5, 0.6) is 0 Å². The van der Waals surface area contributed by atoms with Gasteiger partial charge in [0.1, 0.15) is 6.29 Å². The van der Waals surface area contributed by atoms with Gasteiger partial charge in [0, 0.05) is 10.6 Å². The summed E-state index contributed by atoms with van der Waals surface area (Å²) in [5.74, 6) is 0.583. The van der Waals surface area contributed by atoms with E-state index in [2.05, 4.69) is 13.8 Å². The molecule has 0 unspecified atom stereocenters. The molecule has 0 fully saturated rings. The van der Waals surface area contributed by atoms with Gasteiger partial charge in [-0.25, -0.2) is 0 Å². The monoisotopic (exact) mass is 196 g/mol.